The lowest BCUT2D eigenvalue weighted by Crippen LogP contribution is -2.51. The van der Waals surface area contributed by atoms with E-state index in [-0.39, 0.29) is 24.1 Å². The van der Waals surface area contributed by atoms with Crippen LogP contribution in [0.4, 0.5) is 19.0 Å². The smallest absolute Gasteiger partial charge is 0.345 e. The fourth-order valence-electron chi connectivity index (χ4n) is 3.97. The van der Waals surface area contributed by atoms with Crippen LogP contribution < -0.4 is 4.90 Å². The minimum Gasteiger partial charge on any atom is -0.345 e. The number of piperazine rings is 1. The van der Waals surface area contributed by atoms with E-state index in [9.17, 15) is 18.0 Å². The highest BCUT2D eigenvalue weighted by Crippen LogP contribution is 2.32. The average molecular weight is 405 g/mol. The molecule has 0 atom stereocenters. The van der Waals surface area contributed by atoms with Gasteiger partial charge in [-0.15, -0.1) is 0 Å². The maximum atomic E-state index is 13.4. The number of amides is 1. The first-order valence-electron chi connectivity index (χ1n) is 9.79. The van der Waals surface area contributed by atoms with Gasteiger partial charge in [-0.3, -0.25) is 9.78 Å². The third-order valence-corrected chi connectivity index (χ3v) is 5.52. The van der Waals surface area contributed by atoms with Gasteiger partial charge in [-0.25, -0.2) is 9.97 Å². The van der Waals surface area contributed by atoms with Crippen molar-refractivity contribution in [2.75, 3.05) is 31.1 Å². The molecule has 1 aliphatic heterocycles. The first-order chi connectivity index (χ1) is 13.9. The van der Waals surface area contributed by atoms with Gasteiger partial charge in [0.05, 0.1) is 6.54 Å². The van der Waals surface area contributed by atoms with Gasteiger partial charge in [0.2, 0.25) is 5.91 Å². The van der Waals surface area contributed by atoms with Gasteiger partial charge >= 0.3 is 6.18 Å². The first-order valence-corrected chi connectivity index (χ1v) is 9.79. The van der Waals surface area contributed by atoms with E-state index >= 15 is 0 Å². The second-order valence-electron chi connectivity index (χ2n) is 7.59. The molecule has 0 unspecified atom stereocenters. The van der Waals surface area contributed by atoms with Gasteiger partial charge in [-0.1, -0.05) is 12.8 Å². The largest absolute Gasteiger partial charge is 0.433 e. The number of halogens is 3. The van der Waals surface area contributed by atoms with Crippen molar-refractivity contribution in [1.29, 1.82) is 0 Å². The normalized spacial score (nSPS) is 18.5. The lowest BCUT2D eigenvalue weighted by atomic mass is 10.1. The molecule has 154 valence electrons. The van der Waals surface area contributed by atoms with E-state index in [0.717, 1.165) is 25.5 Å². The topological polar surface area (TPSA) is 62.2 Å². The summed E-state index contributed by atoms with van der Waals surface area (Å²) in [7, 11) is 0. The van der Waals surface area contributed by atoms with Gasteiger partial charge in [0.25, 0.3) is 0 Å². The molecule has 3 heterocycles. The fraction of sp³-hybridized carbons (Fsp3) is 0.500. The summed E-state index contributed by atoms with van der Waals surface area (Å²) in [5.74, 6) is 0.528. The van der Waals surface area contributed by atoms with E-state index in [4.69, 9.17) is 0 Å². The summed E-state index contributed by atoms with van der Waals surface area (Å²) in [6.45, 7) is 1.70. The van der Waals surface area contributed by atoms with Crippen LogP contribution in [-0.4, -0.2) is 51.9 Å². The standard InChI is InChI=1S/C20H22F3N5O/c21-20(22,23)16-10-17(26-19(25-16)15-6-3-7-24-11-15)27-8-9-28(18(29)13-27)12-14-4-1-2-5-14/h3,6-7,10-11,14H,1-2,4-5,8-9,12-13H2. The molecular weight excluding hydrogens is 383 g/mol. The van der Waals surface area contributed by atoms with Gasteiger partial charge in [-0.2, -0.15) is 13.2 Å². The number of hydrogen-bond acceptors (Lipinski definition) is 5. The Morgan fingerprint density at radius 2 is 1.93 bits per heavy atom. The highest BCUT2D eigenvalue weighted by atomic mass is 19.4. The molecule has 6 nitrogen and oxygen atoms in total. The Morgan fingerprint density at radius 3 is 2.59 bits per heavy atom. The highest BCUT2D eigenvalue weighted by molar-refractivity contribution is 5.82. The molecule has 0 radical (unpaired) electrons. The quantitative estimate of drug-likeness (QED) is 0.780. The predicted octanol–water partition coefficient (Wildman–Crippen LogP) is 3.40. The number of rotatable bonds is 4. The first kappa shape index (κ1) is 19.6. The van der Waals surface area contributed by atoms with E-state index in [2.05, 4.69) is 15.0 Å². The molecule has 9 heteroatoms. The number of nitrogens with zero attached hydrogens (tertiary/aromatic N) is 5. The van der Waals surface area contributed by atoms with E-state index in [1.165, 1.54) is 25.2 Å². The van der Waals surface area contributed by atoms with Crippen LogP contribution >= 0.6 is 0 Å². The zero-order chi connectivity index (χ0) is 20.4. The minimum absolute atomic E-state index is 0.0213. The van der Waals surface area contributed by atoms with Crippen LogP contribution in [0.5, 0.6) is 0 Å². The van der Waals surface area contributed by atoms with Gasteiger partial charge in [-0.05, 0) is 30.9 Å². The third kappa shape index (κ3) is 4.49. The molecule has 1 saturated heterocycles. The maximum Gasteiger partial charge on any atom is 0.433 e. The van der Waals surface area contributed by atoms with Gasteiger partial charge < -0.3 is 9.80 Å². The van der Waals surface area contributed by atoms with E-state index in [1.807, 2.05) is 4.90 Å². The summed E-state index contributed by atoms with van der Waals surface area (Å²) in [5, 5.41) is 0. The number of carbonyl (C=O) groups excluding carboxylic acids is 1. The van der Waals surface area contributed by atoms with Crippen LogP contribution in [0.15, 0.2) is 30.6 Å². The molecule has 1 saturated carbocycles. The van der Waals surface area contributed by atoms with Gasteiger partial charge in [0, 0.05) is 43.7 Å². The zero-order valence-corrected chi connectivity index (χ0v) is 15.9. The summed E-state index contributed by atoms with van der Waals surface area (Å²) >= 11 is 0. The predicted molar refractivity (Wildman–Crippen MR) is 101 cm³/mol. The van der Waals surface area contributed by atoms with Crippen LogP contribution in [-0.2, 0) is 11.0 Å². The summed E-state index contributed by atoms with van der Waals surface area (Å²) < 4.78 is 40.2. The van der Waals surface area contributed by atoms with E-state index in [0.29, 0.717) is 24.6 Å². The van der Waals surface area contributed by atoms with Crippen LogP contribution in [0.1, 0.15) is 31.4 Å². The Hall–Kier alpha value is -2.71. The second-order valence-corrected chi connectivity index (χ2v) is 7.59. The molecule has 2 aliphatic rings. The maximum absolute atomic E-state index is 13.4. The van der Waals surface area contributed by atoms with Gasteiger partial charge in [0.15, 0.2) is 11.5 Å². The summed E-state index contributed by atoms with van der Waals surface area (Å²) in [4.78, 5) is 28.0. The van der Waals surface area contributed by atoms with Crippen LogP contribution in [0, 0.1) is 5.92 Å². The molecule has 0 aromatic carbocycles. The molecule has 2 aromatic heterocycles. The van der Waals surface area contributed by atoms with Crippen molar-refractivity contribution in [3.05, 3.63) is 36.3 Å². The molecule has 0 bridgehead atoms. The summed E-state index contributed by atoms with van der Waals surface area (Å²) in [5.41, 5.74) is -0.631. The Labute approximate surface area is 166 Å². The van der Waals surface area contributed by atoms with E-state index < -0.39 is 11.9 Å². The fourth-order valence-corrected chi connectivity index (χ4v) is 3.97. The Balaban J connectivity index is 1.57. The Morgan fingerprint density at radius 1 is 1.14 bits per heavy atom. The van der Waals surface area contributed by atoms with Crippen molar-refractivity contribution < 1.29 is 18.0 Å². The van der Waals surface area contributed by atoms with Crippen molar-refractivity contribution in [2.45, 2.75) is 31.9 Å². The van der Waals surface area contributed by atoms with Crippen LogP contribution in [0.2, 0.25) is 0 Å². The number of pyridine rings is 1. The summed E-state index contributed by atoms with van der Waals surface area (Å²) in [6.07, 6.45) is 3.03. The molecule has 2 aromatic rings. The van der Waals surface area contributed by atoms with Crippen molar-refractivity contribution in [3.8, 4) is 11.4 Å². The lowest BCUT2D eigenvalue weighted by molar-refractivity contribution is -0.141. The van der Waals surface area contributed by atoms with Crippen LogP contribution in [0.25, 0.3) is 11.4 Å². The number of alkyl halides is 3. The molecule has 4 rings (SSSR count). The van der Waals surface area contributed by atoms with Crippen LogP contribution in [0.3, 0.4) is 0 Å². The average Bonchev–Trinajstić information content (AvgIpc) is 3.22. The van der Waals surface area contributed by atoms with Crippen molar-refractivity contribution >= 4 is 11.7 Å². The lowest BCUT2D eigenvalue weighted by Gasteiger charge is -2.36. The number of anilines is 1. The molecule has 0 N–H and O–H groups in total. The zero-order valence-electron chi connectivity index (χ0n) is 15.9. The van der Waals surface area contributed by atoms with E-state index in [1.54, 1.807) is 17.0 Å². The Kier molecular flexibility index (Phi) is 5.38. The second kappa shape index (κ2) is 7.96. The van der Waals surface area contributed by atoms with Gasteiger partial charge in [0.1, 0.15) is 5.82 Å². The molecule has 2 fully saturated rings. The SMILES string of the molecule is O=C1CN(c2cc(C(F)(F)F)nc(-c3cccnc3)n2)CCN1CC1CCCC1. The van der Waals surface area contributed by atoms with Crippen molar-refractivity contribution in [3.63, 3.8) is 0 Å². The number of aromatic nitrogens is 3. The number of carbonyl (C=O) groups is 1. The molecule has 1 amide bonds. The third-order valence-electron chi connectivity index (χ3n) is 5.52. The minimum atomic E-state index is -4.61. The monoisotopic (exact) mass is 405 g/mol. The van der Waals surface area contributed by atoms with Crippen molar-refractivity contribution in [1.82, 2.24) is 19.9 Å². The molecular formula is C20H22F3N5O. The van der Waals surface area contributed by atoms with Crippen molar-refractivity contribution in [2.24, 2.45) is 5.92 Å². The molecule has 1 aliphatic carbocycles. The number of hydrogen-bond donors (Lipinski definition) is 0. The highest BCUT2D eigenvalue weighted by Gasteiger charge is 2.35. The Bertz CT molecular complexity index is 868. The molecule has 29 heavy (non-hydrogen) atoms. The molecule has 0 spiro atoms. The summed E-state index contributed by atoms with van der Waals surface area (Å²) in [6, 6.07) is 4.14.